The van der Waals surface area contributed by atoms with Crippen molar-refractivity contribution in [2.24, 2.45) is 5.92 Å². The number of hydrogen-bond donors (Lipinski definition) is 2. The lowest BCUT2D eigenvalue weighted by Crippen LogP contribution is -2.47. The van der Waals surface area contributed by atoms with Crippen LogP contribution in [-0.2, 0) is 9.59 Å². The van der Waals surface area contributed by atoms with Crippen LogP contribution in [-0.4, -0.2) is 28.8 Å². The van der Waals surface area contributed by atoms with Gasteiger partial charge in [0, 0.05) is 25.0 Å². The third-order valence-corrected chi connectivity index (χ3v) is 3.78. The number of Topliss-reactive ketones (excluding diaryl/α,β-unsaturated/α-hetero) is 1. The van der Waals surface area contributed by atoms with Crippen LogP contribution in [0.3, 0.4) is 0 Å². The molecule has 2 rings (SSSR count). The van der Waals surface area contributed by atoms with E-state index >= 15 is 0 Å². The second-order valence-corrected chi connectivity index (χ2v) is 5.43. The molecule has 0 aliphatic heterocycles. The molecular formula is C15H14F3NO4. The molecule has 8 heteroatoms. The Morgan fingerprint density at radius 3 is 2.35 bits per heavy atom. The number of halogens is 3. The smallest absolute Gasteiger partial charge is 0.326 e. The maximum atomic E-state index is 13.6. The number of rotatable bonds is 4. The van der Waals surface area contributed by atoms with E-state index in [1.807, 2.05) is 5.32 Å². The van der Waals surface area contributed by atoms with Crippen LogP contribution in [0.5, 0.6) is 0 Å². The molecular weight excluding hydrogens is 315 g/mol. The number of ketones is 1. The fraction of sp³-hybridized carbons (Fsp3) is 0.400. The number of benzene rings is 1. The second-order valence-electron chi connectivity index (χ2n) is 5.43. The van der Waals surface area contributed by atoms with Crippen LogP contribution in [0.1, 0.15) is 36.0 Å². The summed E-state index contributed by atoms with van der Waals surface area (Å²) in [6.07, 6.45) is 1.21. The van der Waals surface area contributed by atoms with Gasteiger partial charge in [0.2, 0.25) is 0 Å². The van der Waals surface area contributed by atoms with Crippen LogP contribution in [0, 0.1) is 23.4 Å². The first-order valence-electron chi connectivity index (χ1n) is 6.99. The van der Waals surface area contributed by atoms with Crippen LogP contribution in [0.2, 0.25) is 0 Å². The summed E-state index contributed by atoms with van der Waals surface area (Å²) in [4.78, 5) is 34.7. The maximum absolute atomic E-state index is 13.6. The van der Waals surface area contributed by atoms with E-state index in [0.717, 1.165) is 0 Å². The molecule has 5 nitrogen and oxygen atoms in total. The van der Waals surface area contributed by atoms with Gasteiger partial charge in [0.15, 0.2) is 0 Å². The molecule has 1 fully saturated rings. The molecule has 0 radical (unpaired) electrons. The van der Waals surface area contributed by atoms with E-state index in [4.69, 9.17) is 0 Å². The number of aliphatic carboxylic acids is 1. The molecule has 1 aliphatic rings. The van der Waals surface area contributed by atoms with Gasteiger partial charge < -0.3 is 10.4 Å². The first-order chi connectivity index (χ1) is 10.8. The molecule has 0 unspecified atom stereocenters. The summed E-state index contributed by atoms with van der Waals surface area (Å²) in [5.74, 6) is -7.52. The second kappa shape index (κ2) is 6.80. The zero-order valence-corrected chi connectivity index (χ0v) is 11.9. The Morgan fingerprint density at radius 2 is 1.83 bits per heavy atom. The van der Waals surface area contributed by atoms with E-state index in [9.17, 15) is 32.7 Å². The van der Waals surface area contributed by atoms with Crippen LogP contribution >= 0.6 is 0 Å². The molecule has 1 aliphatic carbocycles. The van der Waals surface area contributed by atoms with E-state index in [-0.39, 0.29) is 12.2 Å². The number of hydrogen-bond acceptors (Lipinski definition) is 3. The van der Waals surface area contributed by atoms with Crippen LogP contribution in [0.4, 0.5) is 13.2 Å². The van der Waals surface area contributed by atoms with Gasteiger partial charge in [-0.2, -0.15) is 0 Å². The fourth-order valence-electron chi connectivity index (χ4n) is 2.70. The third kappa shape index (κ3) is 3.88. The summed E-state index contributed by atoms with van der Waals surface area (Å²) >= 11 is 0. The lowest BCUT2D eigenvalue weighted by molar-refractivity contribution is -0.141. The summed E-state index contributed by atoms with van der Waals surface area (Å²) in [6, 6.07) is -0.786. The minimum atomic E-state index is -1.45. The van der Waals surface area contributed by atoms with Gasteiger partial charge in [-0.05, 0) is 18.8 Å². The fourth-order valence-corrected chi connectivity index (χ4v) is 2.70. The molecule has 23 heavy (non-hydrogen) atoms. The first-order valence-corrected chi connectivity index (χ1v) is 6.99. The lowest BCUT2D eigenvalue weighted by Gasteiger charge is -2.27. The van der Waals surface area contributed by atoms with Crippen molar-refractivity contribution in [2.45, 2.75) is 31.7 Å². The molecule has 0 heterocycles. The first kappa shape index (κ1) is 17.0. The zero-order valence-electron chi connectivity index (χ0n) is 11.9. The summed E-state index contributed by atoms with van der Waals surface area (Å²) in [6.45, 7) is 0. The normalized spacial score (nSPS) is 19.3. The van der Waals surface area contributed by atoms with Gasteiger partial charge in [0.1, 0.15) is 34.8 Å². The number of carbonyl (C=O) groups excluding carboxylic acids is 2. The monoisotopic (exact) mass is 329 g/mol. The summed E-state index contributed by atoms with van der Waals surface area (Å²) in [5.41, 5.74) is -1.06. The van der Waals surface area contributed by atoms with Crippen molar-refractivity contribution in [3.05, 3.63) is 35.1 Å². The highest BCUT2D eigenvalue weighted by Crippen LogP contribution is 2.25. The Hall–Kier alpha value is -2.38. The average Bonchev–Trinajstić information content (AvgIpc) is 2.43. The summed E-state index contributed by atoms with van der Waals surface area (Å²) < 4.78 is 40.0. The summed E-state index contributed by atoms with van der Waals surface area (Å²) in [5, 5.41) is 11.2. The molecule has 0 spiro atoms. The predicted molar refractivity (Wildman–Crippen MR) is 72.2 cm³/mol. The van der Waals surface area contributed by atoms with Crippen molar-refractivity contribution < 1.29 is 32.7 Å². The van der Waals surface area contributed by atoms with Crippen molar-refractivity contribution in [1.82, 2.24) is 5.32 Å². The largest absolute Gasteiger partial charge is 0.480 e. The molecule has 1 saturated carbocycles. The topological polar surface area (TPSA) is 83.5 Å². The molecule has 2 N–H and O–H groups in total. The van der Waals surface area contributed by atoms with E-state index < -0.39 is 46.9 Å². The zero-order chi connectivity index (χ0) is 17.1. The highest BCUT2D eigenvalue weighted by molar-refractivity contribution is 5.97. The quantitative estimate of drug-likeness (QED) is 0.885. The van der Waals surface area contributed by atoms with Crippen molar-refractivity contribution in [3.8, 4) is 0 Å². The number of carbonyl (C=O) groups is 3. The van der Waals surface area contributed by atoms with E-state index in [0.29, 0.717) is 31.4 Å². The highest BCUT2D eigenvalue weighted by Gasteiger charge is 2.34. The SMILES string of the molecule is O=C1CCC[C@H]([C@@H](NC(=O)c2c(F)cc(F)cc2F)C(=O)O)C1. The minimum Gasteiger partial charge on any atom is -0.480 e. The minimum absolute atomic E-state index is 0.0222. The number of carboxylic acid groups (broad SMARTS) is 1. The van der Waals surface area contributed by atoms with Gasteiger partial charge in [-0.3, -0.25) is 9.59 Å². The van der Waals surface area contributed by atoms with Crippen LogP contribution < -0.4 is 5.32 Å². The molecule has 124 valence electrons. The van der Waals surface area contributed by atoms with E-state index in [1.54, 1.807) is 0 Å². The Bertz CT molecular complexity index is 639. The molecule has 1 aromatic rings. The predicted octanol–water partition coefficient (Wildman–Crippen LogP) is 2.05. The van der Waals surface area contributed by atoms with Crippen LogP contribution in [0.15, 0.2) is 12.1 Å². The molecule has 2 atom stereocenters. The number of nitrogens with one attached hydrogen (secondary N) is 1. The van der Waals surface area contributed by atoms with Gasteiger partial charge in [-0.15, -0.1) is 0 Å². The number of carboxylic acids is 1. The highest BCUT2D eigenvalue weighted by atomic mass is 19.1. The Kier molecular flexibility index (Phi) is 5.02. The average molecular weight is 329 g/mol. The van der Waals surface area contributed by atoms with Crippen molar-refractivity contribution in [1.29, 1.82) is 0 Å². The standard InChI is InChI=1S/C15H14F3NO4/c16-8-5-10(17)12(11(18)6-8)14(21)19-13(15(22)23)7-2-1-3-9(20)4-7/h5-7,13H,1-4H2,(H,19,21)(H,22,23)/t7-,13+/m0/s1. The molecule has 0 aromatic heterocycles. The molecule has 0 bridgehead atoms. The van der Waals surface area contributed by atoms with Crippen molar-refractivity contribution in [2.75, 3.05) is 0 Å². The lowest BCUT2D eigenvalue weighted by atomic mass is 9.83. The van der Waals surface area contributed by atoms with E-state index in [1.165, 1.54) is 0 Å². The third-order valence-electron chi connectivity index (χ3n) is 3.78. The maximum Gasteiger partial charge on any atom is 0.326 e. The van der Waals surface area contributed by atoms with E-state index in [2.05, 4.69) is 0 Å². The Labute approximate surface area is 129 Å². The van der Waals surface area contributed by atoms with Gasteiger partial charge in [0.25, 0.3) is 5.91 Å². The molecule has 1 aromatic carbocycles. The van der Waals surface area contributed by atoms with Gasteiger partial charge in [-0.25, -0.2) is 18.0 Å². The van der Waals surface area contributed by atoms with Gasteiger partial charge in [-0.1, -0.05) is 0 Å². The molecule has 1 amide bonds. The van der Waals surface area contributed by atoms with Crippen LogP contribution in [0.25, 0.3) is 0 Å². The van der Waals surface area contributed by atoms with Gasteiger partial charge in [0.05, 0.1) is 0 Å². The van der Waals surface area contributed by atoms with Crippen molar-refractivity contribution >= 4 is 17.7 Å². The van der Waals surface area contributed by atoms with Gasteiger partial charge >= 0.3 is 5.97 Å². The van der Waals surface area contributed by atoms with Crippen molar-refractivity contribution in [3.63, 3.8) is 0 Å². The Balaban J connectivity index is 2.22. The number of amides is 1. The Morgan fingerprint density at radius 1 is 1.22 bits per heavy atom. The summed E-state index contributed by atoms with van der Waals surface area (Å²) in [7, 11) is 0. The molecule has 0 saturated heterocycles.